The molecule has 0 N–H and O–H groups in total. The fourth-order valence-electron chi connectivity index (χ4n) is 0. The van der Waals surface area contributed by atoms with E-state index in [4.69, 9.17) is 4.79 Å². The van der Waals surface area contributed by atoms with Crippen molar-refractivity contribution in [3.8, 4) is 0 Å². The van der Waals surface area contributed by atoms with Gasteiger partial charge in [-0.25, -0.2) is 0 Å². The van der Waals surface area contributed by atoms with Crippen LogP contribution in [0.5, 0.6) is 0 Å². The monoisotopic (exact) mass is 168 g/mol. The van der Waals surface area contributed by atoms with Crippen molar-refractivity contribution in [1.82, 2.24) is 0 Å². The SMILES string of the molecule is CSC=O.CSC=S. The lowest BCUT2D eigenvalue weighted by molar-refractivity contribution is 0.570. The average molecular weight is 168 g/mol. The fourth-order valence-corrected chi connectivity index (χ4v) is 0. The van der Waals surface area contributed by atoms with E-state index in [0.717, 1.165) is 5.62 Å². The Labute approximate surface area is 63.6 Å². The van der Waals surface area contributed by atoms with Crippen molar-refractivity contribution < 1.29 is 4.79 Å². The Morgan fingerprint density at radius 3 is 1.62 bits per heavy atom. The van der Waals surface area contributed by atoms with E-state index in [9.17, 15) is 0 Å². The van der Waals surface area contributed by atoms with E-state index in [0.29, 0.717) is 0 Å². The van der Waals surface area contributed by atoms with Gasteiger partial charge in [-0.1, -0.05) is 24.0 Å². The molecule has 0 saturated carbocycles. The molecule has 8 heavy (non-hydrogen) atoms. The summed E-state index contributed by atoms with van der Waals surface area (Å²) in [4.78, 5) is 9.14. The number of thioether (sulfide) groups is 2. The molecule has 0 aliphatic carbocycles. The van der Waals surface area contributed by atoms with Crippen LogP contribution in [-0.2, 0) is 4.79 Å². The van der Waals surface area contributed by atoms with Gasteiger partial charge >= 0.3 is 0 Å². The Kier molecular flexibility index (Phi) is 22.1. The van der Waals surface area contributed by atoms with Gasteiger partial charge < -0.3 is 0 Å². The van der Waals surface area contributed by atoms with E-state index in [-0.39, 0.29) is 0 Å². The second-order valence-electron chi connectivity index (χ2n) is 0.664. The van der Waals surface area contributed by atoms with E-state index in [1.54, 1.807) is 22.7 Å². The second kappa shape index (κ2) is 15.7. The largest absolute Gasteiger partial charge is 0.291 e. The van der Waals surface area contributed by atoms with E-state index in [1.807, 2.05) is 6.26 Å². The first kappa shape index (κ1) is 11.3. The molecular formula is C4H8OS3. The normalized spacial score (nSPS) is 6.25. The van der Waals surface area contributed by atoms with Crippen LogP contribution >= 0.6 is 35.7 Å². The highest BCUT2D eigenvalue weighted by molar-refractivity contribution is 8.20. The molecule has 0 rings (SSSR count). The van der Waals surface area contributed by atoms with Crippen LogP contribution in [0.2, 0.25) is 0 Å². The number of hydrogen-bond donors (Lipinski definition) is 0. The average Bonchev–Trinajstić information content (AvgIpc) is 1.88. The summed E-state index contributed by atoms with van der Waals surface area (Å²) in [5.74, 6) is 0. The summed E-state index contributed by atoms with van der Waals surface area (Å²) in [6.45, 7) is 0. The van der Waals surface area contributed by atoms with Crippen molar-refractivity contribution in [3.63, 3.8) is 0 Å². The minimum Gasteiger partial charge on any atom is -0.291 e. The maximum absolute atomic E-state index is 9.14. The molecule has 0 amide bonds. The van der Waals surface area contributed by atoms with Crippen molar-refractivity contribution in [3.05, 3.63) is 0 Å². The molecule has 0 aliphatic rings. The molecule has 0 spiro atoms. The topological polar surface area (TPSA) is 17.1 Å². The smallest absolute Gasteiger partial charge is 0.175 e. The molecule has 0 radical (unpaired) electrons. The molecule has 0 aromatic rings. The highest BCUT2D eigenvalue weighted by Crippen LogP contribution is 1.78. The van der Waals surface area contributed by atoms with Crippen molar-refractivity contribution in [1.29, 1.82) is 0 Å². The van der Waals surface area contributed by atoms with Crippen LogP contribution < -0.4 is 0 Å². The minimum atomic E-state index is 0.792. The van der Waals surface area contributed by atoms with Crippen LogP contribution in [0.15, 0.2) is 0 Å². The van der Waals surface area contributed by atoms with Gasteiger partial charge in [-0.05, 0) is 12.5 Å². The molecule has 0 unspecified atom stereocenters. The Bertz CT molecular complexity index is 47.2. The Balaban J connectivity index is 0. The molecule has 48 valence electrons. The lowest BCUT2D eigenvalue weighted by Gasteiger charge is -1.56. The number of hydrogen-bond acceptors (Lipinski definition) is 4. The summed E-state index contributed by atoms with van der Waals surface area (Å²) in [5.41, 5.74) is 0.792. The minimum absolute atomic E-state index is 0.792. The van der Waals surface area contributed by atoms with Gasteiger partial charge in [0.25, 0.3) is 0 Å². The predicted molar refractivity (Wildman–Crippen MR) is 47.4 cm³/mol. The highest BCUT2D eigenvalue weighted by Gasteiger charge is 1.51. The lowest BCUT2D eigenvalue weighted by Crippen LogP contribution is -1.44. The van der Waals surface area contributed by atoms with Crippen LogP contribution in [0.1, 0.15) is 0 Å². The zero-order chi connectivity index (χ0) is 6.83. The van der Waals surface area contributed by atoms with Crippen LogP contribution in [0.3, 0.4) is 0 Å². The predicted octanol–water partition coefficient (Wildman–Crippen LogP) is 1.85. The van der Waals surface area contributed by atoms with Gasteiger partial charge in [0.15, 0.2) is 5.62 Å². The van der Waals surface area contributed by atoms with Gasteiger partial charge in [0.05, 0.1) is 0 Å². The van der Waals surface area contributed by atoms with E-state index in [2.05, 4.69) is 12.2 Å². The first-order valence-electron chi connectivity index (χ1n) is 1.76. The van der Waals surface area contributed by atoms with Crippen LogP contribution in [0.4, 0.5) is 0 Å². The maximum atomic E-state index is 9.14. The van der Waals surface area contributed by atoms with Gasteiger partial charge in [-0.2, -0.15) is 0 Å². The maximum Gasteiger partial charge on any atom is 0.175 e. The zero-order valence-corrected chi connectivity index (χ0v) is 7.24. The third kappa shape index (κ3) is 31.8. The summed E-state index contributed by atoms with van der Waals surface area (Å²) in [5, 5.41) is 0. The van der Waals surface area contributed by atoms with E-state index < -0.39 is 0 Å². The molecule has 0 aromatic carbocycles. The van der Waals surface area contributed by atoms with Crippen LogP contribution in [0, 0.1) is 0 Å². The first-order valence-corrected chi connectivity index (χ1v) is 4.81. The molecule has 0 heterocycles. The molecule has 0 fully saturated rings. The Morgan fingerprint density at radius 1 is 1.38 bits per heavy atom. The summed E-state index contributed by atoms with van der Waals surface area (Å²) < 4.78 is 1.62. The number of carbonyl (C=O) groups excluding carboxylic acids is 1. The Morgan fingerprint density at radius 2 is 1.62 bits per heavy atom. The quantitative estimate of drug-likeness (QED) is 0.462. The third-order valence-electron chi connectivity index (χ3n) is 0.192. The van der Waals surface area contributed by atoms with Crippen molar-refractivity contribution in [2.24, 2.45) is 0 Å². The molecule has 0 atom stereocenters. The molecule has 0 saturated heterocycles. The Hall–Kier alpha value is 0.460. The van der Waals surface area contributed by atoms with Gasteiger partial charge in [0.1, 0.15) is 0 Å². The molecular weight excluding hydrogens is 160 g/mol. The molecule has 1 nitrogen and oxygen atoms in total. The lowest BCUT2D eigenvalue weighted by atomic mass is 11.8. The number of rotatable bonds is 2. The molecule has 0 bridgehead atoms. The third-order valence-corrected chi connectivity index (χ3v) is 1.15. The molecule has 0 aromatic heterocycles. The van der Waals surface area contributed by atoms with Crippen LogP contribution in [-0.4, -0.2) is 22.8 Å². The summed E-state index contributed by atoms with van der Waals surface area (Å²) in [6.07, 6.45) is 3.67. The zero-order valence-electron chi connectivity index (χ0n) is 4.79. The van der Waals surface area contributed by atoms with Crippen molar-refractivity contribution in [2.45, 2.75) is 0 Å². The van der Waals surface area contributed by atoms with Gasteiger partial charge in [0, 0.05) is 4.70 Å². The first-order chi connectivity index (χ1) is 3.83. The highest BCUT2D eigenvalue weighted by atomic mass is 32.2. The number of carbonyl (C=O) groups is 1. The summed E-state index contributed by atoms with van der Waals surface area (Å²) in [6, 6.07) is 0. The fraction of sp³-hybridized carbons (Fsp3) is 0.500. The van der Waals surface area contributed by atoms with Gasteiger partial charge in [0.2, 0.25) is 0 Å². The van der Waals surface area contributed by atoms with Crippen molar-refractivity contribution in [2.75, 3.05) is 12.5 Å². The van der Waals surface area contributed by atoms with E-state index >= 15 is 0 Å². The van der Waals surface area contributed by atoms with Crippen LogP contribution in [0.25, 0.3) is 0 Å². The van der Waals surface area contributed by atoms with Gasteiger partial charge in [-0.3, -0.25) is 4.79 Å². The summed E-state index contributed by atoms with van der Waals surface area (Å²) in [7, 11) is 0. The second-order valence-corrected chi connectivity index (χ2v) is 2.57. The summed E-state index contributed by atoms with van der Waals surface area (Å²) >= 11 is 7.11. The number of thiocarbonyl (C=S) groups is 1. The van der Waals surface area contributed by atoms with Gasteiger partial charge in [-0.15, -0.1) is 11.8 Å². The molecule has 0 aliphatic heterocycles. The standard InChI is InChI=1S/C2H4OS.C2H4S2/c2*1-4-2-3/h2*2H,1H3. The molecule has 4 heteroatoms. The van der Waals surface area contributed by atoms with Crippen molar-refractivity contribution >= 4 is 46.1 Å². The van der Waals surface area contributed by atoms with E-state index in [1.165, 1.54) is 11.8 Å².